The van der Waals surface area contributed by atoms with Crippen molar-refractivity contribution in [3.05, 3.63) is 95.0 Å². The Morgan fingerprint density at radius 3 is 2.54 bits per heavy atom. The van der Waals surface area contributed by atoms with Crippen molar-refractivity contribution in [1.82, 2.24) is 15.2 Å². The van der Waals surface area contributed by atoms with Gasteiger partial charge in [0.2, 0.25) is 17.7 Å². The highest BCUT2D eigenvalue weighted by Gasteiger charge is 2.47. The lowest BCUT2D eigenvalue weighted by atomic mass is 9.87. The number of halogens is 4. The normalized spacial score (nSPS) is 19.0. The molecule has 11 heteroatoms. The van der Waals surface area contributed by atoms with Crippen LogP contribution in [0.4, 0.5) is 18.9 Å². The van der Waals surface area contributed by atoms with Crippen molar-refractivity contribution < 1.29 is 27.6 Å². The van der Waals surface area contributed by atoms with E-state index in [1.165, 1.54) is 18.2 Å². The number of hydrogen-bond donors (Lipinski definition) is 1. The van der Waals surface area contributed by atoms with E-state index in [1.807, 2.05) is 0 Å². The van der Waals surface area contributed by atoms with E-state index >= 15 is 0 Å². The molecule has 2 aromatic carbocycles. The number of pyridine rings is 1. The van der Waals surface area contributed by atoms with Crippen LogP contribution in [0, 0.1) is 5.82 Å². The number of carbonyl (C=O) groups is 3. The van der Waals surface area contributed by atoms with Crippen molar-refractivity contribution in [2.24, 2.45) is 0 Å². The monoisotopic (exact) mass is 584 g/mol. The van der Waals surface area contributed by atoms with Gasteiger partial charge in [-0.2, -0.15) is 0 Å². The van der Waals surface area contributed by atoms with Gasteiger partial charge in [0.25, 0.3) is 5.92 Å². The number of hydrogen-bond acceptors (Lipinski definition) is 4. The van der Waals surface area contributed by atoms with Gasteiger partial charge in [-0.15, -0.1) is 0 Å². The third-order valence-electron chi connectivity index (χ3n) is 7.42. The summed E-state index contributed by atoms with van der Waals surface area (Å²) in [5.74, 6) is -4.91. The Morgan fingerprint density at radius 1 is 1.10 bits per heavy atom. The zero-order valence-corrected chi connectivity index (χ0v) is 22.7. The minimum atomic E-state index is -2.87. The van der Waals surface area contributed by atoms with Crippen LogP contribution in [0.1, 0.15) is 49.4 Å². The van der Waals surface area contributed by atoms with Crippen LogP contribution >= 0.6 is 11.6 Å². The lowest BCUT2D eigenvalue weighted by molar-refractivity contribution is -0.134. The Bertz CT molecular complexity index is 1430. The van der Waals surface area contributed by atoms with Crippen molar-refractivity contribution in [3.8, 4) is 0 Å². The van der Waals surface area contributed by atoms with Crippen LogP contribution in [0.15, 0.2) is 72.9 Å². The summed E-state index contributed by atoms with van der Waals surface area (Å²) in [6, 6.07) is 14.3. The fourth-order valence-electron chi connectivity index (χ4n) is 5.39. The first-order chi connectivity index (χ1) is 19.6. The average Bonchev–Trinajstić information content (AvgIpc) is 3.25. The molecule has 2 atom stereocenters. The maximum Gasteiger partial charge on any atom is 0.252 e. The van der Waals surface area contributed by atoms with E-state index in [0.717, 1.165) is 11.0 Å². The number of likely N-dealkylation sites (tertiary alicyclic amines) is 1. The molecule has 7 nitrogen and oxygen atoms in total. The minimum absolute atomic E-state index is 0.0922. The standard InChI is InChI=1S/C30H28ClF3N4O3/c31-25-10-2-1-9-24(25)28(29(41)36-21-16-30(33,34)17-21)38(23-8-5-6-19(32)14-23)27(40)15-22-11-12-26(39)37(22)18-20-7-3-4-13-35-20/h1-10,13-14,21-22,28H,11-12,15-18H2,(H,36,41). The molecular formula is C30H28ClF3N4O3. The third kappa shape index (κ3) is 6.53. The number of benzene rings is 2. The Kier molecular flexibility index (Phi) is 8.30. The summed E-state index contributed by atoms with van der Waals surface area (Å²) in [5, 5.41) is 2.80. The number of anilines is 1. The number of nitrogens with zero attached hydrogens (tertiary/aromatic N) is 3. The molecule has 3 amide bonds. The van der Waals surface area contributed by atoms with Crippen molar-refractivity contribution >= 4 is 35.0 Å². The topological polar surface area (TPSA) is 82.6 Å². The Hall–Kier alpha value is -3.92. The number of carbonyl (C=O) groups excluding carboxylic acids is 3. The smallest absolute Gasteiger partial charge is 0.252 e. The van der Waals surface area contributed by atoms with Gasteiger partial charge in [-0.25, -0.2) is 13.2 Å². The molecule has 1 saturated carbocycles. The Labute approximate surface area is 240 Å². The van der Waals surface area contributed by atoms with Crippen LogP contribution in [0.25, 0.3) is 0 Å². The zero-order chi connectivity index (χ0) is 29.1. The summed E-state index contributed by atoms with van der Waals surface area (Å²) >= 11 is 6.49. The number of aromatic nitrogens is 1. The van der Waals surface area contributed by atoms with Crippen LogP contribution in [0.5, 0.6) is 0 Å². The Morgan fingerprint density at radius 2 is 1.85 bits per heavy atom. The largest absolute Gasteiger partial charge is 0.351 e. The molecule has 2 heterocycles. The number of alkyl halides is 2. The molecule has 0 bridgehead atoms. The fraction of sp³-hybridized carbons (Fsp3) is 0.333. The van der Waals surface area contributed by atoms with E-state index in [0.29, 0.717) is 12.1 Å². The highest BCUT2D eigenvalue weighted by Crippen LogP contribution is 2.39. The SMILES string of the molecule is O=C(NC1CC(F)(F)C1)C(c1ccccc1Cl)N(C(=O)CC1CCC(=O)N1Cc1ccccn1)c1cccc(F)c1. The van der Waals surface area contributed by atoms with E-state index in [9.17, 15) is 27.6 Å². The van der Waals surface area contributed by atoms with Gasteiger partial charge in [0.15, 0.2) is 0 Å². The highest BCUT2D eigenvalue weighted by molar-refractivity contribution is 6.31. The first-order valence-corrected chi connectivity index (χ1v) is 13.7. The quantitative estimate of drug-likeness (QED) is 0.363. The molecule has 0 radical (unpaired) electrons. The van der Waals surface area contributed by atoms with Crippen molar-refractivity contribution in [2.45, 2.75) is 62.7 Å². The summed E-state index contributed by atoms with van der Waals surface area (Å²) < 4.78 is 41.6. The van der Waals surface area contributed by atoms with Crippen LogP contribution in [-0.4, -0.2) is 45.6 Å². The van der Waals surface area contributed by atoms with Gasteiger partial charge in [-0.3, -0.25) is 24.3 Å². The van der Waals surface area contributed by atoms with Crippen molar-refractivity contribution in [3.63, 3.8) is 0 Å². The Balaban J connectivity index is 1.49. The number of rotatable bonds is 9. The molecule has 5 rings (SSSR count). The maximum absolute atomic E-state index is 14.4. The van der Waals surface area contributed by atoms with E-state index in [-0.39, 0.29) is 41.6 Å². The second kappa shape index (κ2) is 11.9. The first-order valence-electron chi connectivity index (χ1n) is 13.3. The predicted octanol–water partition coefficient (Wildman–Crippen LogP) is 5.44. The highest BCUT2D eigenvalue weighted by atomic mass is 35.5. The zero-order valence-electron chi connectivity index (χ0n) is 22.0. The molecule has 3 aromatic rings. The van der Waals surface area contributed by atoms with Gasteiger partial charge < -0.3 is 10.2 Å². The van der Waals surface area contributed by atoms with Gasteiger partial charge in [-0.1, -0.05) is 41.9 Å². The number of nitrogens with one attached hydrogen (secondary N) is 1. The molecule has 2 unspecified atom stereocenters. The summed E-state index contributed by atoms with van der Waals surface area (Å²) in [6.45, 7) is 0.210. The van der Waals surface area contributed by atoms with Crippen molar-refractivity contribution in [1.29, 1.82) is 0 Å². The maximum atomic E-state index is 14.4. The van der Waals surface area contributed by atoms with Crippen LogP contribution in [-0.2, 0) is 20.9 Å². The molecule has 1 aliphatic carbocycles. The van der Waals surface area contributed by atoms with E-state index < -0.39 is 54.5 Å². The van der Waals surface area contributed by atoms with Gasteiger partial charge >= 0.3 is 0 Å². The van der Waals surface area contributed by atoms with E-state index in [2.05, 4.69) is 10.3 Å². The molecule has 41 heavy (non-hydrogen) atoms. The second-order valence-corrected chi connectivity index (χ2v) is 10.8. The molecule has 1 aromatic heterocycles. The first kappa shape index (κ1) is 28.6. The molecule has 0 spiro atoms. The van der Waals surface area contributed by atoms with Gasteiger partial charge in [0.1, 0.15) is 11.9 Å². The second-order valence-electron chi connectivity index (χ2n) is 10.4. The van der Waals surface area contributed by atoms with Gasteiger partial charge in [0.05, 0.1) is 12.2 Å². The lowest BCUT2D eigenvalue weighted by Crippen LogP contribution is -2.54. The van der Waals surface area contributed by atoms with E-state index in [4.69, 9.17) is 11.6 Å². The summed E-state index contributed by atoms with van der Waals surface area (Å²) in [6.07, 6.45) is 1.07. The minimum Gasteiger partial charge on any atom is -0.351 e. The van der Waals surface area contributed by atoms with Crippen LogP contribution < -0.4 is 10.2 Å². The molecule has 1 N–H and O–H groups in total. The van der Waals surface area contributed by atoms with Gasteiger partial charge in [-0.05, 0) is 42.8 Å². The summed E-state index contributed by atoms with van der Waals surface area (Å²) in [4.78, 5) is 47.6. The molecule has 2 aliphatic rings. The van der Waals surface area contributed by atoms with Gasteiger partial charge in [0, 0.05) is 60.2 Å². The van der Waals surface area contributed by atoms with Crippen molar-refractivity contribution in [2.75, 3.05) is 4.90 Å². The lowest BCUT2D eigenvalue weighted by Gasteiger charge is -2.38. The molecule has 1 aliphatic heterocycles. The fourth-order valence-corrected chi connectivity index (χ4v) is 5.63. The van der Waals surface area contributed by atoms with Crippen LogP contribution in [0.2, 0.25) is 5.02 Å². The molecule has 2 fully saturated rings. The summed E-state index contributed by atoms with van der Waals surface area (Å²) in [7, 11) is 0. The average molecular weight is 585 g/mol. The molecule has 1 saturated heterocycles. The summed E-state index contributed by atoms with van der Waals surface area (Å²) in [5.41, 5.74) is 1.01. The molecule has 214 valence electrons. The predicted molar refractivity (Wildman–Crippen MR) is 147 cm³/mol. The van der Waals surface area contributed by atoms with Crippen LogP contribution in [0.3, 0.4) is 0 Å². The van der Waals surface area contributed by atoms with E-state index in [1.54, 1.807) is 53.6 Å². The number of amides is 3. The molecular weight excluding hydrogens is 557 g/mol. The third-order valence-corrected chi connectivity index (χ3v) is 7.76.